The fraction of sp³-hybridized carbons (Fsp3) is 0.176. The quantitative estimate of drug-likeness (QED) is 0.744. The van der Waals surface area contributed by atoms with E-state index in [2.05, 4.69) is 9.82 Å². The number of aryl methyl sites for hydroxylation is 1. The fourth-order valence-corrected chi connectivity index (χ4v) is 4.64. The fourth-order valence-electron chi connectivity index (χ4n) is 2.94. The van der Waals surface area contributed by atoms with Crippen molar-refractivity contribution in [1.82, 2.24) is 9.78 Å². The molecule has 1 N–H and O–H groups in total. The summed E-state index contributed by atoms with van der Waals surface area (Å²) in [6, 6.07) is 8.92. The molecule has 0 fully saturated rings. The molecule has 7 nitrogen and oxygen atoms in total. The van der Waals surface area contributed by atoms with Gasteiger partial charge >= 0.3 is 0 Å². The van der Waals surface area contributed by atoms with Crippen LogP contribution in [-0.2, 0) is 23.5 Å². The Morgan fingerprint density at radius 1 is 1.31 bits per heavy atom. The zero-order valence-electron chi connectivity index (χ0n) is 13.9. The Morgan fingerprint density at radius 3 is 2.85 bits per heavy atom. The lowest BCUT2D eigenvalue weighted by Gasteiger charge is -2.17. The predicted molar refractivity (Wildman–Crippen MR) is 100 cm³/mol. The zero-order valence-corrected chi connectivity index (χ0v) is 15.5. The Morgan fingerprint density at radius 2 is 2.15 bits per heavy atom. The number of hydrogen-bond donors (Lipinski definition) is 1. The van der Waals surface area contributed by atoms with Crippen LogP contribution < -0.4 is 9.62 Å². The molecule has 0 spiro atoms. The maximum Gasteiger partial charge on any atom is 0.268 e. The minimum Gasteiger partial charge on any atom is -0.307 e. The maximum atomic E-state index is 12.7. The smallest absolute Gasteiger partial charge is 0.268 e. The first kappa shape index (κ1) is 16.8. The summed E-state index contributed by atoms with van der Waals surface area (Å²) in [6.07, 6.45) is 3.48. The third-order valence-corrected chi connectivity index (χ3v) is 6.40. The summed E-state index contributed by atoms with van der Waals surface area (Å²) >= 11 is 1.39. The third kappa shape index (κ3) is 2.99. The maximum absolute atomic E-state index is 12.7. The van der Waals surface area contributed by atoms with E-state index in [1.807, 2.05) is 17.5 Å². The van der Waals surface area contributed by atoms with E-state index in [-0.39, 0.29) is 10.8 Å². The topological polar surface area (TPSA) is 84.3 Å². The standard InChI is InChI=1S/C17H16N4O3S2/c1-20-11-14(10-18-20)26(23,24)19-13-5-4-12-6-7-21(15(12)9-13)17(22)16-3-2-8-25-16/h2-5,8-11,19H,6-7H2,1H3. The van der Waals surface area contributed by atoms with E-state index >= 15 is 0 Å². The van der Waals surface area contributed by atoms with Gasteiger partial charge in [0.05, 0.1) is 16.8 Å². The molecule has 1 amide bonds. The predicted octanol–water partition coefficient (Wildman–Crippen LogP) is 2.49. The van der Waals surface area contributed by atoms with Crippen molar-refractivity contribution < 1.29 is 13.2 Å². The van der Waals surface area contributed by atoms with E-state index < -0.39 is 10.0 Å². The van der Waals surface area contributed by atoms with Crippen LogP contribution in [0.15, 0.2) is 53.0 Å². The minimum absolute atomic E-state index is 0.0639. The molecule has 0 saturated heterocycles. The number of hydrogen-bond acceptors (Lipinski definition) is 5. The van der Waals surface area contributed by atoms with Crippen molar-refractivity contribution in [3.05, 3.63) is 58.5 Å². The Bertz CT molecular complexity index is 1070. The van der Waals surface area contributed by atoms with Gasteiger partial charge in [-0.15, -0.1) is 11.3 Å². The number of amides is 1. The van der Waals surface area contributed by atoms with Gasteiger partial charge in [0.25, 0.3) is 15.9 Å². The largest absolute Gasteiger partial charge is 0.307 e. The van der Waals surface area contributed by atoms with Crippen LogP contribution in [-0.4, -0.2) is 30.7 Å². The molecule has 0 aliphatic carbocycles. The van der Waals surface area contributed by atoms with Crippen LogP contribution in [0.5, 0.6) is 0 Å². The zero-order chi connectivity index (χ0) is 18.3. The number of nitrogens with zero attached hydrogens (tertiary/aromatic N) is 3. The molecular formula is C17H16N4O3S2. The summed E-state index contributed by atoms with van der Waals surface area (Å²) in [7, 11) is -2.07. The minimum atomic E-state index is -3.73. The van der Waals surface area contributed by atoms with Gasteiger partial charge in [0, 0.05) is 25.5 Å². The summed E-state index contributed by atoms with van der Waals surface area (Å²) in [4.78, 5) is 15.1. The number of rotatable bonds is 4. The van der Waals surface area contributed by atoms with Crippen LogP contribution in [0.1, 0.15) is 15.2 Å². The SMILES string of the molecule is Cn1cc(S(=O)(=O)Nc2ccc3c(c2)N(C(=O)c2cccs2)CC3)cn1. The highest BCUT2D eigenvalue weighted by molar-refractivity contribution is 7.92. The number of aromatic nitrogens is 2. The molecule has 9 heteroatoms. The molecule has 3 heterocycles. The third-order valence-electron chi connectivity index (χ3n) is 4.20. The summed E-state index contributed by atoms with van der Waals surface area (Å²) in [5, 5.41) is 5.76. The molecule has 3 aromatic rings. The first-order chi connectivity index (χ1) is 12.4. The Hall–Kier alpha value is -2.65. The van der Waals surface area contributed by atoms with Crippen molar-refractivity contribution >= 4 is 38.6 Å². The first-order valence-corrected chi connectivity index (χ1v) is 10.3. The van der Waals surface area contributed by atoms with Gasteiger partial charge in [-0.2, -0.15) is 5.10 Å². The second-order valence-corrected chi connectivity index (χ2v) is 8.61. The average Bonchev–Trinajstić information content (AvgIpc) is 3.34. The van der Waals surface area contributed by atoms with Gasteiger partial charge in [-0.1, -0.05) is 12.1 Å². The van der Waals surface area contributed by atoms with Crippen LogP contribution in [0, 0.1) is 0 Å². The Kier molecular flexibility index (Phi) is 4.04. The normalized spacial score (nSPS) is 13.7. The van der Waals surface area contributed by atoms with Crippen LogP contribution in [0.3, 0.4) is 0 Å². The molecular weight excluding hydrogens is 372 g/mol. The lowest BCUT2D eigenvalue weighted by atomic mass is 10.1. The number of thiophene rings is 1. The van der Waals surface area contributed by atoms with Crippen molar-refractivity contribution in [3.8, 4) is 0 Å². The monoisotopic (exact) mass is 388 g/mol. The van der Waals surface area contributed by atoms with Crippen LogP contribution >= 0.6 is 11.3 Å². The van der Waals surface area contributed by atoms with Gasteiger partial charge in [-0.25, -0.2) is 8.42 Å². The summed E-state index contributed by atoms with van der Waals surface area (Å²) in [5.41, 5.74) is 2.19. The van der Waals surface area contributed by atoms with E-state index in [0.717, 1.165) is 17.7 Å². The number of sulfonamides is 1. The lowest BCUT2D eigenvalue weighted by Crippen LogP contribution is -2.28. The summed E-state index contributed by atoms with van der Waals surface area (Å²) < 4.78 is 28.9. The van der Waals surface area contributed by atoms with Gasteiger partial charge in [0.1, 0.15) is 4.90 Å². The van der Waals surface area contributed by atoms with Crippen molar-refractivity contribution in [3.63, 3.8) is 0 Å². The summed E-state index contributed by atoms with van der Waals surface area (Å²) in [6.45, 7) is 0.588. The van der Waals surface area contributed by atoms with E-state index in [9.17, 15) is 13.2 Å². The Labute approximate surface area is 154 Å². The molecule has 0 unspecified atom stereocenters. The molecule has 1 aromatic carbocycles. The molecule has 1 aliphatic rings. The highest BCUT2D eigenvalue weighted by atomic mass is 32.2. The van der Waals surface area contributed by atoms with Crippen molar-refractivity contribution in [2.24, 2.45) is 7.05 Å². The highest BCUT2D eigenvalue weighted by Gasteiger charge is 2.27. The Balaban J connectivity index is 1.63. The highest BCUT2D eigenvalue weighted by Crippen LogP contribution is 2.33. The van der Waals surface area contributed by atoms with E-state index in [1.54, 1.807) is 30.1 Å². The number of benzene rings is 1. The molecule has 1 aliphatic heterocycles. The van der Waals surface area contributed by atoms with Gasteiger partial charge in [0.15, 0.2) is 0 Å². The van der Waals surface area contributed by atoms with Crippen molar-refractivity contribution in [2.75, 3.05) is 16.2 Å². The molecule has 134 valence electrons. The number of carbonyl (C=O) groups is 1. The average molecular weight is 388 g/mol. The molecule has 0 radical (unpaired) electrons. The lowest BCUT2D eigenvalue weighted by molar-refractivity contribution is 0.0993. The molecule has 2 aromatic heterocycles. The molecule has 0 bridgehead atoms. The number of anilines is 2. The second-order valence-electron chi connectivity index (χ2n) is 5.98. The van der Waals surface area contributed by atoms with Gasteiger partial charge < -0.3 is 4.90 Å². The molecule has 4 rings (SSSR count). The first-order valence-electron chi connectivity index (χ1n) is 7.94. The van der Waals surface area contributed by atoms with Crippen LogP contribution in [0.2, 0.25) is 0 Å². The van der Waals surface area contributed by atoms with Crippen molar-refractivity contribution in [1.29, 1.82) is 0 Å². The molecule has 0 atom stereocenters. The second kappa shape index (κ2) is 6.26. The summed E-state index contributed by atoms with van der Waals surface area (Å²) in [5.74, 6) is -0.0639. The van der Waals surface area contributed by atoms with Gasteiger partial charge in [-0.3, -0.25) is 14.2 Å². The molecule has 26 heavy (non-hydrogen) atoms. The number of nitrogens with one attached hydrogen (secondary N) is 1. The number of fused-ring (bicyclic) bond motifs is 1. The van der Waals surface area contributed by atoms with Crippen LogP contribution in [0.25, 0.3) is 0 Å². The van der Waals surface area contributed by atoms with Crippen LogP contribution in [0.4, 0.5) is 11.4 Å². The van der Waals surface area contributed by atoms with E-state index in [0.29, 0.717) is 17.1 Å². The van der Waals surface area contributed by atoms with Gasteiger partial charge in [0.2, 0.25) is 0 Å². The van der Waals surface area contributed by atoms with Crippen molar-refractivity contribution in [2.45, 2.75) is 11.3 Å². The van der Waals surface area contributed by atoms with Gasteiger partial charge in [-0.05, 0) is 35.6 Å². The van der Waals surface area contributed by atoms with E-state index in [1.165, 1.54) is 28.4 Å². The molecule has 0 saturated carbocycles. The number of carbonyl (C=O) groups excluding carboxylic acids is 1. The van der Waals surface area contributed by atoms with E-state index in [4.69, 9.17) is 0 Å².